The van der Waals surface area contributed by atoms with Crippen LogP contribution in [0.1, 0.15) is 85.8 Å². The molecule has 8 heteroatoms. The Kier molecular flexibility index (Phi) is 2.91. The van der Waals surface area contributed by atoms with E-state index in [0.717, 1.165) is 0 Å². The zero-order valence-electron chi connectivity index (χ0n) is 26.5. The Morgan fingerprint density at radius 2 is 1.93 bits per heavy atom. The maximum absolute atomic E-state index is 12.9. The summed E-state index contributed by atoms with van der Waals surface area (Å²) in [6.07, 6.45) is -8.79. The lowest BCUT2D eigenvalue weighted by Gasteiger charge is -2.32. The smallest absolute Gasteiger partial charge is 0.444 e. The van der Waals surface area contributed by atoms with E-state index in [1.807, 2.05) is 0 Å². The number of hydrogen-bond acceptors (Lipinski definition) is 6. The Hall–Kier alpha value is -1.12. The normalized spacial score (nSPS) is 37.0. The molecule has 1 aromatic rings. The van der Waals surface area contributed by atoms with Gasteiger partial charge in [0.2, 0.25) is 0 Å². The second-order valence-corrected chi connectivity index (χ2v) is 9.05. The van der Waals surface area contributed by atoms with E-state index in [-0.39, 0.29) is 15.8 Å². The Labute approximate surface area is 180 Å². The Balaban J connectivity index is 2.19. The minimum Gasteiger partial charge on any atom is -0.444 e. The Morgan fingerprint density at radius 1 is 1.37 bits per heavy atom. The van der Waals surface area contributed by atoms with Crippen molar-refractivity contribution < 1.29 is 32.5 Å². The Morgan fingerprint density at radius 3 is 2.44 bits per heavy atom. The first kappa shape index (κ1) is 11.2. The van der Waals surface area contributed by atoms with E-state index < -0.39 is 66.7 Å². The summed E-state index contributed by atoms with van der Waals surface area (Å²) in [6.45, 7) is 4.15. The lowest BCUT2D eigenvalue weighted by Crippen LogP contribution is -2.41. The van der Waals surface area contributed by atoms with E-state index in [4.69, 9.17) is 27.8 Å². The van der Waals surface area contributed by atoms with E-state index in [1.54, 1.807) is 27.7 Å². The van der Waals surface area contributed by atoms with Crippen molar-refractivity contribution in [3.8, 4) is 0 Å². The van der Waals surface area contributed by atoms with Crippen LogP contribution in [0.5, 0.6) is 0 Å². The van der Waals surface area contributed by atoms with Gasteiger partial charge in [-0.25, -0.2) is 9.78 Å². The fourth-order valence-electron chi connectivity index (χ4n) is 2.21. The highest BCUT2D eigenvalue weighted by molar-refractivity contribution is 7.10. The van der Waals surface area contributed by atoms with E-state index >= 15 is 0 Å². The fraction of sp³-hybridized carbons (Fsp3) is 0.789. The highest BCUT2D eigenvalue weighted by Crippen LogP contribution is 2.37. The van der Waals surface area contributed by atoms with Crippen molar-refractivity contribution in [2.45, 2.75) is 83.9 Å². The minimum absolute atomic E-state index is 0.174. The van der Waals surface area contributed by atoms with Crippen molar-refractivity contribution in [1.82, 2.24) is 9.88 Å². The van der Waals surface area contributed by atoms with Crippen LogP contribution in [0.2, 0.25) is 0 Å². The summed E-state index contributed by atoms with van der Waals surface area (Å²) in [6, 6.07) is 0. The minimum atomic E-state index is -3.58. The van der Waals surface area contributed by atoms with Gasteiger partial charge in [0.15, 0.2) is 0 Å². The monoisotopic (exact) mass is 404 g/mol. The van der Waals surface area contributed by atoms with Crippen LogP contribution in [0, 0.1) is 0 Å². The highest BCUT2D eigenvalue weighted by atomic mass is 32.1. The fourth-order valence-corrected chi connectivity index (χ4v) is 2.90. The molecule has 1 amide bonds. The number of piperidine rings is 1. The maximum atomic E-state index is 12.9. The average molecular weight is 404 g/mol. The van der Waals surface area contributed by atoms with Crippen LogP contribution in [0.25, 0.3) is 0 Å². The molecule has 6 nitrogen and oxygen atoms in total. The average Bonchev–Trinajstić information content (AvgIpc) is 3.14. The van der Waals surface area contributed by atoms with Gasteiger partial charge in [0.05, 0.1) is 23.2 Å². The van der Waals surface area contributed by atoms with Crippen molar-refractivity contribution >= 4 is 30.1 Å². The zero-order chi connectivity index (χ0) is 29.0. The summed E-state index contributed by atoms with van der Waals surface area (Å²) in [4.78, 5) is 16.7. The summed E-state index contributed by atoms with van der Waals surface area (Å²) in [5, 5.41) is -1.05. The predicted octanol–water partition coefficient (Wildman–Crippen LogP) is 3.56. The van der Waals surface area contributed by atoms with Crippen molar-refractivity contribution in [2.24, 2.45) is 0 Å². The molecular weight excluding hydrogens is 363 g/mol. The van der Waals surface area contributed by atoms with Gasteiger partial charge >= 0.3 is 13.2 Å². The van der Waals surface area contributed by atoms with Gasteiger partial charge in [-0.1, -0.05) is 0 Å². The first-order valence-electron chi connectivity index (χ1n) is 13.6. The predicted molar refractivity (Wildman–Crippen MR) is 108 cm³/mol. The van der Waals surface area contributed by atoms with E-state index in [0.29, 0.717) is 11.3 Å². The number of nitrogens with zero attached hydrogens (tertiary/aromatic N) is 2. The summed E-state index contributed by atoms with van der Waals surface area (Å²) in [5.41, 5.74) is -3.06. The molecule has 1 aromatic heterocycles. The first-order valence-corrected chi connectivity index (χ1v) is 9.37. The van der Waals surface area contributed by atoms with Crippen molar-refractivity contribution in [1.29, 1.82) is 0 Å². The molecule has 0 radical (unpaired) electrons. The lowest BCUT2D eigenvalue weighted by atomic mass is 9.86. The molecule has 0 spiro atoms. The molecule has 3 rings (SSSR count). The van der Waals surface area contributed by atoms with Gasteiger partial charge in [-0.3, -0.25) is 0 Å². The van der Waals surface area contributed by atoms with E-state index in [2.05, 4.69) is 4.98 Å². The van der Waals surface area contributed by atoms with Crippen LogP contribution >= 0.6 is 11.3 Å². The van der Waals surface area contributed by atoms with Crippen LogP contribution in [0.15, 0.2) is 5.36 Å². The molecule has 0 aromatic carbocycles. The second kappa shape index (κ2) is 7.05. The van der Waals surface area contributed by atoms with Gasteiger partial charge in [-0.2, -0.15) is 0 Å². The molecule has 0 unspecified atom stereocenters. The van der Waals surface area contributed by atoms with Gasteiger partial charge in [-0.15, -0.1) is 11.3 Å². The number of amides is 1. The number of ether oxygens (including phenoxy) is 1. The van der Waals surface area contributed by atoms with Gasteiger partial charge in [-0.05, 0) is 61.2 Å². The summed E-state index contributed by atoms with van der Waals surface area (Å²) >= 11 is 0.393. The number of thiazole rings is 1. The first-order chi connectivity index (χ1) is 16.2. The molecule has 0 bridgehead atoms. The van der Waals surface area contributed by atoms with E-state index in [1.165, 1.54) is 20.8 Å². The van der Waals surface area contributed by atoms with Gasteiger partial charge in [0.1, 0.15) is 5.60 Å². The molecule has 3 heterocycles. The number of rotatable bonds is 2. The second-order valence-electron chi connectivity index (χ2n) is 8.26. The summed E-state index contributed by atoms with van der Waals surface area (Å²) in [5.74, 6) is -3.35. The van der Waals surface area contributed by atoms with Crippen molar-refractivity contribution in [2.75, 3.05) is 13.0 Å². The summed E-state index contributed by atoms with van der Waals surface area (Å²) in [7, 11) is -1.21. The molecule has 2 aliphatic heterocycles. The molecule has 2 fully saturated rings. The molecule has 0 saturated carbocycles. The largest absolute Gasteiger partial charge is 0.515 e. The maximum Gasteiger partial charge on any atom is 0.515 e. The number of carbonyl (C=O) groups is 1. The van der Waals surface area contributed by atoms with Gasteiger partial charge < -0.3 is 18.9 Å². The standard InChI is InChI=1S/C19H31BN2O4S/c1-17(2,3)24-16(23)22-10-8-13(9-11-22)15-21-14(12-27-15)20-25-18(4,5)19(6,7)26-20/h12-13H,8-11H2,1-7H3/i8D2,9D2,10D2,11D2,12D,13D. The Bertz CT molecular complexity index is 1060. The van der Waals surface area contributed by atoms with E-state index in [9.17, 15) is 4.79 Å². The lowest BCUT2D eigenvalue weighted by molar-refractivity contribution is 0.00578. The van der Waals surface area contributed by atoms with Crippen molar-refractivity contribution in [3.05, 3.63) is 10.4 Å². The molecule has 2 saturated heterocycles. The van der Waals surface area contributed by atoms with Crippen LogP contribution in [0.4, 0.5) is 4.79 Å². The quantitative estimate of drug-likeness (QED) is 0.706. The third kappa shape index (κ3) is 4.49. The molecule has 0 N–H and O–H groups in total. The molecule has 0 atom stereocenters. The number of hydrogen-bond donors (Lipinski definition) is 0. The van der Waals surface area contributed by atoms with Crippen LogP contribution in [-0.4, -0.2) is 52.9 Å². The third-order valence-electron chi connectivity index (χ3n) is 4.33. The molecule has 2 aliphatic rings. The number of carbonyl (C=O) groups excluding carboxylic acids is 1. The molecule has 0 aliphatic carbocycles. The number of aromatic nitrogens is 1. The number of likely N-dealkylation sites (tertiary alicyclic amines) is 1. The summed E-state index contributed by atoms with van der Waals surface area (Å²) < 4.78 is 103. The van der Waals surface area contributed by atoms with Gasteiger partial charge in [0.25, 0.3) is 0 Å². The molecule has 150 valence electrons. The highest BCUT2D eigenvalue weighted by Gasteiger charge is 2.52. The van der Waals surface area contributed by atoms with Crippen LogP contribution in [0.3, 0.4) is 0 Å². The molecule has 27 heavy (non-hydrogen) atoms. The molecular formula is C19H31BN2O4S. The zero-order valence-corrected chi connectivity index (χ0v) is 17.3. The third-order valence-corrected chi connectivity index (χ3v) is 5.13. The van der Waals surface area contributed by atoms with Gasteiger partial charge in [0, 0.05) is 36.6 Å². The van der Waals surface area contributed by atoms with Crippen LogP contribution in [-0.2, 0) is 14.0 Å². The van der Waals surface area contributed by atoms with Crippen LogP contribution < -0.4 is 5.59 Å². The van der Waals surface area contributed by atoms with Crippen molar-refractivity contribution in [3.63, 3.8) is 0 Å². The SMILES string of the molecule is [2H]c1sc(C2([2H])C([2H])([2H])C([2H])([2H])N(C(=O)OC(C)(C)C)C([2H])([2H])C2([2H])[2H])nc1B1OC(C)(C)C(C)(C)O1. The topological polar surface area (TPSA) is 60.9 Å².